The number of nitrogens with zero attached hydrogens (tertiary/aromatic N) is 3. The molecule has 0 radical (unpaired) electrons. The highest BCUT2D eigenvalue weighted by molar-refractivity contribution is 6.33. The molecule has 1 atom stereocenters. The first-order valence-electron chi connectivity index (χ1n) is 10.5. The van der Waals surface area contributed by atoms with E-state index < -0.39 is 0 Å². The van der Waals surface area contributed by atoms with Gasteiger partial charge in [-0.1, -0.05) is 23.7 Å². The SMILES string of the molecule is O=C(c1ccccc1Cl)N1CCN(c2ccc([N+](=O)[O-])c(NCC3CCCO3)c2)CC1. The van der Waals surface area contributed by atoms with Crippen LogP contribution in [0.15, 0.2) is 42.5 Å². The van der Waals surface area contributed by atoms with E-state index in [1.165, 1.54) is 6.07 Å². The van der Waals surface area contributed by atoms with Crippen LogP contribution in [0.4, 0.5) is 17.1 Å². The van der Waals surface area contributed by atoms with E-state index in [-0.39, 0.29) is 22.6 Å². The normalized spacial score (nSPS) is 18.8. The minimum absolute atomic E-state index is 0.0503. The first-order valence-corrected chi connectivity index (χ1v) is 10.8. The number of ether oxygens (including phenoxy) is 1. The van der Waals surface area contributed by atoms with E-state index in [4.69, 9.17) is 16.3 Å². The van der Waals surface area contributed by atoms with Crippen molar-refractivity contribution in [1.29, 1.82) is 0 Å². The molecule has 164 valence electrons. The van der Waals surface area contributed by atoms with E-state index in [0.717, 1.165) is 25.1 Å². The molecule has 0 bridgehead atoms. The molecule has 8 nitrogen and oxygen atoms in total. The molecule has 0 aliphatic carbocycles. The number of nitro groups is 1. The molecule has 2 aromatic carbocycles. The van der Waals surface area contributed by atoms with E-state index >= 15 is 0 Å². The average Bonchev–Trinajstić information content (AvgIpc) is 3.31. The molecule has 0 spiro atoms. The molecular formula is C22H25ClN4O4. The van der Waals surface area contributed by atoms with Gasteiger partial charge in [-0.15, -0.1) is 0 Å². The molecule has 2 fully saturated rings. The van der Waals surface area contributed by atoms with Crippen molar-refractivity contribution in [1.82, 2.24) is 4.90 Å². The molecule has 2 aliphatic rings. The Kier molecular flexibility index (Phi) is 6.58. The third-order valence-electron chi connectivity index (χ3n) is 5.76. The van der Waals surface area contributed by atoms with Crippen LogP contribution in [0.5, 0.6) is 0 Å². The van der Waals surface area contributed by atoms with Gasteiger partial charge in [0.1, 0.15) is 5.69 Å². The topological polar surface area (TPSA) is 88.0 Å². The van der Waals surface area contributed by atoms with Crippen LogP contribution in [0.3, 0.4) is 0 Å². The number of benzene rings is 2. The second kappa shape index (κ2) is 9.53. The van der Waals surface area contributed by atoms with Crippen molar-refractivity contribution in [2.24, 2.45) is 0 Å². The summed E-state index contributed by atoms with van der Waals surface area (Å²) < 4.78 is 5.61. The molecule has 1 N–H and O–H groups in total. The number of halogens is 1. The monoisotopic (exact) mass is 444 g/mol. The predicted molar refractivity (Wildman–Crippen MR) is 120 cm³/mol. The maximum Gasteiger partial charge on any atom is 0.292 e. The van der Waals surface area contributed by atoms with Gasteiger partial charge in [-0.05, 0) is 37.1 Å². The zero-order chi connectivity index (χ0) is 21.8. The van der Waals surface area contributed by atoms with Gasteiger partial charge in [-0.3, -0.25) is 14.9 Å². The number of piperazine rings is 1. The van der Waals surface area contributed by atoms with Crippen molar-refractivity contribution >= 4 is 34.6 Å². The summed E-state index contributed by atoms with van der Waals surface area (Å²) in [5, 5.41) is 15.1. The Balaban J connectivity index is 1.42. The lowest BCUT2D eigenvalue weighted by Gasteiger charge is -2.36. The molecular weight excluding hydrogens is 420 g/mol. The van der Waals surface area contributed by atoms with Crippen LogP contribution in [0.25, 0.3) is 0 Å². The summed E-state index contributed by atoms with van der Waals surface area (Å²) in [4.78, 5) is 27.8. The summed E-state index contributed by atoms with van der Waals surface area (Å²) in [7, 11) is 0. The van der Waals surface area contributed by atoms with E-state index in [1.807, 2.05) is 6.07 Å². The fraction of sp³-hybridized carbons (Fsp3) is 0.409. The zero-order valence-corrected chi connectivity index (χ0v) is 17.9. The summed E-state index contributed by atoms with van der Waals surface area (Å²) in [6, 6.07) is 12.2. The summed E-state index contributed by atoms with van der Waals surface area (Å²) in [5.41, 5.74) is 1.95. The van der Waals surface area contributed by atoms with Crippen molar-refractivity contribution in [3.63, 3.8) is 0 Å². The first-order chi connectivity index (χ1) is 15.0. The van der Waals surface area contributed by atoms with Gasteiger partial charge in [0.2, 0.25) is 0 Å². The highest BCUT2D eigenvalue weighted by atomic mass is 35.5. The molecule has 1 amide bonds. The number of carbonyl (C=O) groups excluding carboxylic acids is 1. The lowest BCUT2D eigenvalue weighted by atomic mass is 10.1. The molecule has 2 aromatic rings. The van der Waals surface area contributed by atoms with Crippen LogP contribution in [0, 0.1) is 10.1 Å². The lowest BCUT2D eigenvalue weighted by Crippen LogP contribution is -2.48. The summed E-state index contributed by atoms with van der Waals surface area (Å²) in [5.74, 6) is -0.0760. The second-order valence-corrected chi connectivity index (χ2v) is 8.14. The predicted octanol–water partition coefficient (Wildman–Crippen LogP) is 3.80. The van der Waals surface area contributed by atoms with Gasteiger partial charge in [-0.25, -0.2) is 0 Å². The Bertz CT molecular complexity index is 956. The molecule has 2 heterocycles. The molecule has 0 saturated carbocycles. The Morgan fingerprint density at radius 2 is 1.97 bits per heavy atom. The number of anilines is 2. The van der Waals surface area contributed by atoms with E-state index in [0.29, 0.717) is 49.0 Å². The van der Waals surface area contributed by atoms with Gasteiger partial charge in [0.25, 0.3) is 11.6 Å². The van der Waals surface area contributed by atoms with Crippen LogP contribution >= 0.6 is 11.6 Å². The van der Waals surface area contributed by atoms with Crippen LogP contribution < -0.4 is 10.2 Å². The van der Waals surface area contributed by atoms with Gasteiger partial charge in [0.15, 0.2) is 0 Å². The van der Waals surface area contributed by atoms with Gasteiger partial charge in [0, 0.05) is 51.1 Å². The standard InChI is InChI=1S/C22H25ClN4O4/c23-19-6-2-1-5-18(19)22(28)26-11-9-25(10-12-26)16-7-8-21(27(29)30)20(14-16)24-15-17-4-3-13-31-17/h1-2,5-8,14,17,24H,3-4,9-13,15H2. The van der Waals surface area contributed by atoms with E-state index in [1.54, 1.807) is 35.2 Å². The second-order valence-electron chi connectivity index (χ2n) is 7.73. The Hall–Kier alpha value is -2.84. The summed E-state index contributed by atoms with van der Waals surface area (Å²) in [6.07, 6.45) is 2.07. The fourth-order valence-corrected chi connectivity index (χ4v) is 4.24. The van der Waals surface area contributed by atoms with Gasteiger partial charge >= 0.3 is 0 Å². The molecule has 0 aromatic heterocycles. The minimum Gasteiger partial charge on any atom is -0.377 e. The first kappa shape index (κ1) is 21.4. The zero-order valence-electron chi connectivity index (χ0n) is 17.1. The maximum atomic E-state index is 12.8. The van der Waals surface area contributed by atoms with Crippen molar-refractivity contribution in [2.75, 3.05) is 49.5 Å². The smallest absolute Gasteiger partial charge is 0.292 e. The van der Waals surface area contributed by atoms with E-state index in [2.05, 4.69) is 10.2 Å². The molecule has 2 aliphatic heterocycles. The molecule has 31 heavy (non-hydrogen) atoms. The molecule has 2 saturated heterocycles. The summed E-state index contributed by atoms with van der Waals surface area (Å²) >= 11 is 6.17. The number of nitrogens with one attached hydrogen (secondary N) is 1. The fourth-order valence-electron chi connectivity index (χ4n) is 4.02. The third kappa shape index (κ3) is 4.91. The largest absolute Gasteiger partial charge is 0.377 e. The number of hydrogen-bond donors (Lipinski definition) is 1. The number of amides is 1. The molecule has 4 rings (SSSR count). The number of hydrogen-bond acceptors (Lipinski definition) is 6. The number of nitro benzene ring substituents is 1. The Labute approximate surface area is 185 Å². The van der Waals surface area contributed by atoms with Gasteiger partial charge in [-0.2, -0.15) is 0 Å². The Morgan fingerprint density at radius 1 is 1.19 bits per heavy atom. The highest BCUT2D eigenvalue weighted by Crippen LogP contribution is 2.31. The Morgan fingerprint density at radius 3 is 2.65 bits per heavy atom. The minimum atomic E-state index is -0.373. The van der Waals surface area contributed by atoms with E-state index in [9.17, 15) is 14.9 Å². The van der Waals surface area contributed by atoms with Crippen LogP contribution in [-0.2, 0) is 4.74 Å². The van der Waals surface area contributed by atoms with Crippen molar-refractivity contribution in [3.05, 3.63) is 63.2 Å². The van der Waals surface area contributed by atoms with Crippen molar-refractivity contribution in [3.8, 4) is 0 Å². The quantitative estimate of drug-likeness (QED) is 0.538. The van der Waals surface area contributed by atoms with Crippen LogP contribution in [-0.4, -0.2) is 61.2 Å². The van der Waals surface area contributed by atoms with Crippen LogP contribution in [0.2, 0.25) is 5.02 Å². The van der Waals surface area contributed by atoms with Gasteiger partial charge in [0.05, 0.1) is 21.6 Å². The third-order valence-corrected chi connectivity index (χ3v) is 6.09. The van der Waals surface area contributed by atoms with Gasteiger partial charge < -0.3 is 19.9 Å². The lowest BCUT2D eigenvalue weighted by molar-refractivity contribution is -0.383. The maximum absolute atomic E-state index is 12.8. The highest BCUT2D eigenvalue weighted by Gasteiger charge is 2.25. The average molecular weight is 445 g/mol. The summed E-state index contributed by atoms with van der Waals surface area (Å²) in [6.45, 7) is 3.67. The number of rotatable bonds is 6. The molecule has 1 unspecified atom stereocenters. The van der Waals surface area contributed by atoms with Crippen LogP contribution in [0.1, 0.15) is 23.2 Å². The molecule has 9 heteroatoms. The van der Waals surface area contributed by atoms with Crippen molar-refractivity contribution in [2.45, 2.75) is 18.9 Å². The number of carbonyl (C=O) groups is 1. The van der Waals surface area contributed by atoms with Crippen molar-refractivity contribution < 1.29 is 14.5 Å².